The summed E-state index contributed by atoms with van der Waals surface area (Å²) in [6.45, 7) is 0. The van der Waals surface area contributed by atoms with Gasteiger partial charge in [-0.25, -0.2) is 9.37 Å². The number of nitrogen functional groups attached to an aromatic ring is 1. The van der Waals surface area contributed by atoms with Crippen LogP contribution in [0.1, 0.15) is 0 Å². The number of rotatable bonds is 1. The van der Waals surface area contributed by atoms with Gasteiger partial charge in [-0.1, -0.05) is 22.9 Å². The second kappa shape index (κ2) is 3.55. The Morgan fingerprint density at radius 2 is 2.21 bits per heavy atom. The lowest BCUT2D eigenvalue weighted by Crippen LogP contribution is -1.78. The minimum atomic E-state index is -0.323. The Morgan fingerprint density at radius 3 is 2.86 bits per heavy atom. The van der Waals surface area contributed by atoms with Gasteiger partial charge in [0.15, 0.2) is 5.13 Å². The standard InChI is InChI=1S/C9H6ClFN2S/c10-7-2-1-5(11)3-6(7)8-4-13-9(12)14-8/h1-4H,(H2,12,13). The van der Waals surface area contributed by atoms with Gasteiger partial charge >= 0.3 is 0 Å². The predicted octanol–water partition coefficient (Wildman–Crippen LogP) is 3.18. The summed E-state index contributed by atoms with van der Waals surface area (Å²) in [7, 11) is 0. The summed E-state index contributed by atoms with van der Waals surface area (Å²) < 4.78 is 12.9. The quantitative estimate of drug-likeness (QED) is 0.814. The fraction of sp³-hybridized carbons (Fsp3) is 0. The molecule has 5 heteroatoms. The molecule has 2 N–H and O–H groups in total. The SMILES string of the molecule is Nc1ncc(-c2cc(F)ccc2Cl)s1. The molecule has 2 nitrogen and oxygen atoms in total. The van der Waals surface area contributed by atoms with Gasteiger partial charge < -0.3 is 5.73 Å². The number of nitrogens with zero attached hydrogens (tertiary/aromatic N) is 1. The number of anilines is 1. The van der Waals surface area contributed by atoms with Gasteiger partial charge in [0.05, 0.1) is 4.88 Å². The number of hydrogen-bond donors (Lipinski definition) is 1. The van der Waals surface area contributed by atoms with E-state index in [0.29, 0.717) is 15.7 Å². The highest BCUT2D eigenvalue weighted by atomic mass is 35.5. The largest absolute Gasteiger partial charge is 0.375 e. The van der Waals surface area contributed by atoms with Gasteiger partial charge in [0.1, 0.15) is 5.82 Å². The molecular weight excluding hydrogens is 223 g/mol. The van der Waals surface area contributed by atoms with Crippen molar-refractivity contribution >= 4 is 28.1 Å². The molecule has 72 valence electrons. The Morgan fingerprint density at radius 1 is 1.43 bits per heavy atom. The number of thiazole rings is 1. The van der Waals surface area contributed by atoms with Crippen LogP contribution in [0.5, 0.6) is 0 Å². The van der Waals surface area contributed by atoms with Gasteiger partial charge in [-0.3, -0.25) is 0 Å². The van der Waals surface area contributed by atoms with E-state index in [2.05, 4.69) is 4.98 Å². The molecule has 0 fully saturated rings. The Bertz CT molecular complexity index is 470. The van der Waals surface area contributed by atoms with Crippen LogP contribution in [0.3, 0.4) is 0 Å². The van der Waals surface area contributed by atoms with Gasteiger partial charge in [0, 0.05) is 16.8 Å². The van der Waals surface area contributed by atoms with E-state index in [4.69, 9.17) is 17.3 Å². The van der Waals surface area contributed by atoms with Crippen LogP contribution in [-0.2, 0) is 0 Å². The zero-order valence-electron chi connectivity index (χ0n) is 7.00. The van der Waals surface area contributed by atoms with Gasteiger partial charge in [-0.05, 0) is 18.2 Å². The lowest BCUT2D eigenvalue weighted by Gasteiger charge is -1.99. The molecular formula is C9H6ClFN2S. The summed E-state index contributed by atoms with van der Waals surface area (Å²) in [6, 6.07) is 4.20. The van der Waals surface area contributed by atoms with Crippen LogP contribution in [0.2, 0.25) is 5.02 Å². The van der Waals surface area contributed by atoms with Crippen molar-refractivity contribution < 1.29 is 4.39 Å². The minimum absolute atomic E-state index is 0.323. The van der Waals surface area contributed by atoms with Crippen LogP contribution < -0.4 is 5.73 Å². The van der Waals surface area contributed by atoms with Gasteiger partial charge in [0.2, 0.25) is 0 Å². The second-order valence-electron chi connectivity index (χ2n) is 2.69. The van der Waals surface area contributed by atoms with E-state index in [0.717, 1.165) is 4.88 Å². The van der Waals surface area contributed by atoms with E-state index in [1.807, 2.05) is 0 Å². The summed E-state index contributed by atoms with van der Waals surface area (Å²) in [4.78, 5) is 4.65. The van der Waals surface area contributed by atoms with Gasteiger partial charge in [0.25, 0.3) is 0 Å². The second-order valence-corrected chi connectivity index (χ2v) is 4.16. The average molecular weight is 229 g/mol. The number of aromatic nitrogens is 1. The summed E-state index contributed by atoms with van der Waals surface area (Å²) in [5.74, 6) is -0.323. The Balaban J connectivity index is 2.55. The zero-order valence-corrected chi connectivity index (χ0v) is 8.57. The van der Waals surface area contributed by atoms with E-state index >= 15 is 0 Å². The molecule has 14 heavy (non-hydrogen) atoms. The third-order valence-corrected chi connectivity index (χ3v) is 2.91. The van der Waals surface area contributed by atoms with Crippen molar-refractivity contribution in [3.8, 4) is 10.4 Å². The molecule has 2 aromatic rings. The smallest absolute Gasteiger partial charge is 0.180 e. The third-order valence-electron chi connectivity index (χ3n) is 1.72. The van der Waals surface area contributed by atoms with Crippen LogP contribution in [0.4, 0.5) is 9.52 Å². The Labute approximate surface area is 89.2 Å². The molecule has 0 atom stereocenters. The van der Waals surface area contributed by atoms with Crippen molar-refractivity contribution in [2.75, 3.05) is 5.73 Å². The molecule has 2 rings (SSSR count). The molecule has 0 aliphatic heterocycles. The van der Waals surface area contributed by atoms with E-state index in [-0.39, 0.29) is 5.82 Å². The van der Waals surface area contributed by atoms with E-state index in [1.54, 1.807) is 6.20 Å². The molecule has 0 spiro atoms. The van der Waals surface area contributed by atoms with Crippen LogP contribution in [0.25, 0.3) is 10.4 Å². The molecule has 0 aliphatic rings. The maximum Gasteiger partial charge on any atom is 0.180 e. The fourth-order valence-electron chi connectivity index (χ4n) is 1.10. The maximum atomic E-state index is 12.9. The number of nitrogens with two attached hydrogens (primary N) is 1. The third kappa shape index (κ3) is 1.71. The van der Waals surface area contributed by atoms with Gasteiger partial charge in [-0.2, -0.15) is 0 Å². The zero-order chi connectivity index (χ0) is 10.1. The highest BCUT2D eigenvalue weighted by Gasteiger charge is 2.07. The van der Waals surface area contributed by atoms with Crippen molar-refractivity contribution in [3.05, 3.63) is 35.2 Å². The van der Waals surface area contributed by atoms with E-state index < -0.39 is 0 Å². The highest BCUT2D eigenvalue weighted by molar-refractivity contribution is 7.18. The first kappa shape index (κ1) is 9.43. The first-order valence-electron chi connectivity index (χ1n) is 3.83. The molecule has 0 saturated carbocycles. The van der Waals surface area contributed by atoms with Crippen LogP contribution in [0.15, 0.2) is 24.4 Å². The topological polar surface area (TPSA) is 38.9 Å². The monoisotopic (exact) mass is 228 g/mol. The minimum Gasteiger partial charge on any atom is -0.375 e. The molecule has 0 amide bonds. The van der Waals surface area contributed by atoms with E-state index in [9.17, 15) is 4.39 Å². The van der Waals surface area contributed by atoms with Crippen molar-refractivity contribution in [1.82, 2.24) is 4.98 Å². The van der Waals surface area contributed by atoms with Crippen molar-refractivity contribution in [3.63, 3.8) is 0 Å². The predicted molar refractivity (Wildman–Crippen MR) is 56.9 cm³/mol. The molecule has 1 aromatic carbocycles. The molecule has 1 aromatic heterocycles. The highest BCUT2D eigenvalue weighted by Crippen LogP contribution is 2.33. The van der Waals surface area contributed by atoms with Crippen LogP contribution in [0, 0.1) is 5.82 Å². The van der Waals surface area contributed by atoms with Gasteiger partial charge in [-0.15, -0.1) is 0 Å². The molecule has 0 saturated heterocycles. The summed E-state index contributed by atoms with van der Waals surface area (Å²) >= 11 is 7.19. The summed E-state index contributed by atoms with van der Waals surface area (Å²) in [5.41, 5.74) is 6.10. The van der Waals surface area contributed by atoms with Crippen LogP contribution in [-0.4, -0.2) is 4.98 Å². The van der Waals surface area contributed by atoms with Crippen LogP contribution >= 0.6 is 22.9 Å². The number of halogens is 2. The Hall–Kier alpha value is -1.13. The summed E-state index contributed by atoms with van der Waals surface area (Å²) in [5, 5.41) is 0.940. The first-order valence-corrected chi connectivity index (χ1v) is 5.03. The van der Waals surface area contributed by atoms with Crippen molar-refractivity contribution in [2.45, 2.75) is 0 Å². The summed E-state index contributed by atoms with van der Waals surface area (Å²) in [6.07, 6.45) is 1.58. The Kier molecular flexibility index (Phi) is 2.39. The fourth-order valence-corrected chi connectivity index (χ4v) is 2.09. The molecule has 0 bridgehead atoms. The molecule has 0 unspecified atom stereocenters. The first-order chi connectivity index (χ1) is 6.66. The molecule has 0 radical (unpaired) electrons. The number of hydrogen-bond acceptors (Lipinski definition) is 3. The number of benzene rings is 1. The maximum absolute atomic E-state index is 12.9. The molecule has 0 aliphatic carbocycles. The lowest BCUT2D eigenvalue weighted by molar-refractivity contribution is 0.628. The van der Waals surface area contributed by atoms with Crippen molar-refractivity contribution in [1.29, 1.82) is 0 Å². The average Bonchev–Trinajstić information content (AvgIpc) is 2.56. The molecule has 1 heterocycles. The lowest BCUT2D eigenvalue weighted by atomic mass is 10.2. The van der Waals surface area contributed by atoms with Crippen molar-refractivity contribution in [2.24, 2.45) is 0 Å². The normalized spacial score (nSPS) is 10.4. The van der Waals surface area contributed by atoms with E-state index in [1.165, 1.54) is 29.5 Å².